The molecule has 0 saturated carbocycles. The van der Waals surface area contributed by atoms with Gasteiger partial charge in [0.1, 0.15) is 0 Å². The Bertz CT molecular complexity index is 484. The minimum absolute atomic E-state index is 0.488. The van der Waals surface area contributed by atoms with E-state index in [9.17, 15) is 0 Å². The van der Waals surface area contributed by atoms with E-state index in [1.165, 1.54) is 25.1 Å². The first-order chi connectivity index (χ1) is 9.89. The highest BCUT2D eigenvalue weighted by atomic mass is 16.5. The Morgan fingerprint density at radius 3 is 2.90 bits per heavy atom. The molecule has 3 heterocycles. The first kappa shape index (κ1) is 12.8. The number of ether oxygens (including phenoxy) is 1. The van der Waals surface area contributed by atoms with Crippen LogP contribution in [0.4, 0.5) is 0 Å². The van der Waals surface area contributed by atoms with Crippen molar-refractivity contribution >= 4 is 0 Å². The molecule has 4 rings (SSSR count). The highest BCUT2D eigenvalue weighted by molar-refractivity contribution is 5.33. The van der Waals surface area contributed by atoms with E-state index < -0.39 is 0 Å². The summed E-state index contributed by atoms with van der Waals surface area (Å²) in [5.41, 5.74) is 3.59. The molecule has 1 aromatic carbocycles. The monoisotopic (exact) mass is 272 g/mol. The van der Waals surface area contributed by atoms with Crippen molar-refractivity contribution < 1.29 is 4.74 Å². The molecule has 0 amide bonds. The summed E-state index contributed by atoms with van der Waals surface area (Å²) in [6.07, 6.45) is 2.38. The Kier molecular flexibility index (Phi) is 3.29. The Morgan fingerprint density at radius 2 is 2.05 bits per heavy atom. The maximum atomic E-state index is 5.87. The number of fused-ring (bicyclic) bond motifs is 1. The summed E-state index contributed by atoms with van der Waals surface area (Å²) in [5, 5.41) is 7.16. The normalized spacial score (nSPS) is 32.2. The lowest BCUT2D eigenvalue weighted by Gasteiger charge is -2.53. The van der Waals surface area contributed by atoms with Crippen LogP contribution in [0, 0.1) is 11.3 Å². The topological polar surface area (TPSA) is 33.3 Å². The smallest absolute Gasteiger partial charge is 0.0506 e. The van der Waals surface area contributed by atoms with Gasteiger partial charge in [-0.15, -0.1) is 0 Å². The van der Waals surface area contributed by atoms with E-state index in [2.05, 4.69) is 34.9 Å². The molecule has 3 nitrogen and oxygen atoms in total. The van der Waals surface area contributed by atoms with Crippen molar-refractivity contribution in [2.45, 2.75) is 18.8 Å². The molecule has 2 unspecified atom stereocenters. The molecule has 2 atom stereocenters. The van der Waals surface area contributed by atoms with Crippen molar-refractivity contribution in [3.63, 3.8) is 0 Å². The predicted octanol–water partition coefficient (Wildman–Crippen LogP) is 1.54. The zero-order valence-corrected chi connectivity index (χ0v) is 12.0. The molecule has 2 fully saturated rings. The maximum absolute atomic E-state index is 5.87. The third kappa shape index (κ3) is 2.00. The highest BCUT2D eigenvalue weighted by Crippen LogP contribution is 2.47. The van der Waals surface area contributed by atoms with Gasteiger partial charge in [0.25, 0.3) is 0 Å². The van der Waals surface area contributed by atoms with Crippen LogP contribution < -0.4 is 10.6 Å². The van der Waals surface area contributed by atoms with Crippen molar-refractivity contribution in [3.05, 3.63) is 35.4 Å². The molecule has 0 aromatic heterocycles. The lowest BCUT2D eigenvalue weighted by molar-refractivity contribution is -0.0789. The zero-order chi connectivity index (χ0) is 13.4. The molecule has 2 saturated heterocycles. The fraction of sp³-hybridized carbons (Fsp3) is 0.647. The van der Waals surface area contributed by atoms with Crippen LogP contribution in [0.2, 0.25) is 0 Å². The van der Waals surface area contributed by atoms with Gasteiger partial charge in [-0.05, 0) is 36.4 Å². The molecule has 3 aliphatic heterocycles. The Hall–Kier alpha value is -0.900. The third-order valence-electron chi connectivity index (χ3n) is 5.66. The van der Waals surface area contributed by atoms with Gasteiger partial charge in [0.2, 0.25) is 0 Å². The van der Waals surface area contributed by atoms with Gasteiger partial charge in [-0.3, -0.25) is 0 Å². The van der Waals surface area contributed by atoms with Gasteiger partial charge in [0.15, 0.2) is 0 Å². The quantitative estimate of drug-likeness (QED) is 0.813. The molecule has 20 heavy (non-hydrogen) atoms. The summed E-state index contributed by atoms with van der Waals surface area (Å²) in [4.78, 5) is 0. The predicted molar refractivity (Wildman–Crippen MR) is 80.0 cm³/mol. The second kappa shape index (κ2) is 5.14. The largest absolute Gasteiger partial charge is 0.381 e. The van der Waals surface area contributed by atoms with E-state index in [0.29, 0.717) is 17.3 Å². The average Bonchev–Trinajstić information content (AvgIpc) is 2.68. The Labute approximate surface area is 121 Å². The second-order valence-corrected chi connectivity index (χ2v) is 6.66. The van der Waals surface area contributed by atoms with Gasteiger partial charge < -0.3 is 15.4 Å². The summed E-state index contributed by atoms with van der Waals surface area (Å²) >= 11 is 0. The van der Waals surface area contributed by atoms with Crippen LogP contribution in [0.5, 0.6) is 0 Å². The van der Waals surface area contributed by atoms with E-state index in [4.69, 9.17) is 4.74 Å². The number of hydrogen-bond acceptors (Lipinski definition) is 3. The van der Waals surface area contributed by atoms with Crippen LogP contribution in [0.1, 0.15) is 23.5 Å². The van der Waals surface area contributed by atoms with Crippen molar-refractivity contribution in [1.29, 1.82) is 0 Å². The first-order valence-electron chi connectivity index (χ1n) is 7.96. The lowest BCUT2D eigenvalue weighted by atomic mass is 9.61. The van der Waals surface area contributed by atoms with Crippen molar-refractivity contribution in [2.75, 3.05) is 39.4 Å². The summed E-state index contributed by atoms with van der Waals surface area (Å²) in [6.45, 7) is 6.45. The molecule has 3 heteroatoms. The molecule has 1 aromatic rings. The second-order valence-electron chi connectivity index (χ2n) is 6.66. The van der Waals surface area contributed by atoms with Gasteiger partial charge in [-0.1, -0.05) is 24.3 Å². The molecule has 2 N–H and O–H groups in total. The van der Waals surface area contributed by atoms with Crippen molar-refractivity contribution in [3.8, 4) is 0 Å². The van der Waals surface area contributed by atoms with Gasteiger partial charge in [0.05, 0.1) is 6.61 Å². The molecule has 0 radical (unpaired) electrons. The van der Waals surface area contributed by atoms with Crippen LogP contribution >= 0.6 is 0 Å². The minimum Gasteiger partial charge on any atom is -0.381 e. The number of rotatable bonds is 1. The van der Waals surface area contributed by atoms with Gasteiger partial charge in [0, 0.05) is 37.6 Å². The third-order valence-corrected chi connectivity index (χ3v) is 5.66. The fourth-order valence-electron chi connectivity index (χ4n) is 4.35. The van der Waals surface area contributed by atoms with Crippen LogP contribution in [-0.2, 0) is 11.2 Å². The molecular weight excluding hydrogens is 248 g/mol. The van der Waals surface area contributed by atoms with Gasteiger partial charge in [-0.2, -0.15) is 0 Å². The lowest BCUT2D eigenvalue weighted by Crippen LogP contribution is -2.62. The molecular formula is C17H24N2O. The Balaban J connectivity index is 1.69. The molecule has 1 spiro atoms. The van der Waals surface area contributed by atoms with E-state index in [-0.39, 0.29) is 0 Å². The number of benzene rings is 1. The summed E-state index contributed by atoms with van der Waals surface area (Å²) in [7, 11) is 0. The van der Waals surface area contributed by atoms with Gasteiger partial charge >= 0.3 is 0 Å². The first-order valence-corrected chi connectivity index (χ1v) is 7.96. The van der Waals surface area contributed by atoms with Crippen LogP contribution in [0.3, 0.4) is 0 Å². The van der Waals surface area contributed by atoms with Crippen LogP contribution in [0.15, 0.2) is 24.3 Å². The standard InChI is InChI=1S/C17H24N2O/c1-2-4-14-13(3-1)5-7-18-9-15(14)16-10-20-8-6-17(16)11-19-12-17/h1-4,15-16,18-19H,5-12H2. The summed E-state index contributed by atoms with van der Waals surface area (Å²) < 4.78 is 5.87. The zero-order valence-electron chi connectivity index (χ0n) is 12.0. The fourth-order valence-corrected chi connectivity index (χ4v) is 4.35. The number of nitrogens with one attached hydrogen (secondary N) is 2. The van der Waals surface area contributed by atoms with E-state index in [1.807, 2.05) is 0 Å². The Morgan fingerprint density at radius 1 is 1.15 bits per heavy atom. The molecule has 108 valence electrons. The highest BCUT2D eigenvalue weighted by Gasteiger charge is 2.49. The summed E-state index contributed by atoms with van der Waals surface area (Å²) in [5.74, 6) is 1.26. The SMILES string of the molecule is c1ccc2c(c1)CCNCC2C1COCCC12CNC2. The summed E-state index contributed by atoms with van der Waals surface area (Å²) in [6, 6.07) is 9.04. The minimum atomic E-state index is 0.488. The van der Waals surface area contributed by atoms with E-state index >= 15 is 0 Å². The van der Waals surface area contributed by atoms with E-state index in [1.54, 1.807) is 5.56 Å². The van der Waals surface area contributed by atoms with Crippen molar-refractivity contribution in [1.82, 2.24) is 10.6 Å². The van der Waals surface area contributed by atoms with Crippen LogP contribution in [-0.4, -0.2) is 39.4 Å². The van der Waals surface area contributed by atoms with Crippen LogP contribution in [0.25, 0.3) is 0 Å². The number of hydrogen-bond donors (Lipinski definition) is 2. The van der Waals surface area contributed by atoms with Crippen molar-refractivity contribution in [2.24, 2.45) is 11.3 Å². The average molecular weight is 272 g/mol. The van der Waals surface area contributed by atoms with E-state index in [0.717, 1.165) is 32.7 Å². The van der Waals surface area contributed by atoms with Gasteiger partial charge in [-0.25, -0.2) is 0 Å². The molecule has 0 aliphatic carbocycles. The molecule has 3 aliphatic rings. The maximum Gasteiger partial charge on any atom is 0.0506 e. The molecule has 0 bridgehead atoms.